The van der Waals surface area contributed by atoms with Crippen molar-refractivity contribution < 1.29 is 0 Å². The van der Waals surface area contributed by atoms with E-state index in [-0.39, 0.29) is 0 Å². The molecule has 0 saturated heterocycles. The van der Waals surface area contributed by atoms with Crippen LogP contribution in [0.5, 0.6) is 0 Å². The van der Waals surface area contributed by atoms with E-state index in [9.17, 15) is 0 Å². The van der Waals surface area contributed by atoms with Crippen molar-refractivity contribution in [3.63, 3.8) is 0 Å². The lowest BCUT2D eigenvalue weighted by atomic mass is 9.95. The number of pyridine rings is 1. The molecule has 0 spiro atoms. The molecule has 0 amide bonds. The number of nitrogens with zero attached hydrogens (tertiary/aromatic N) is 4. The topological polar surface area (TPSA) is 43.6 Å². The molecule has 3 heterocycles. The molecule has 0 bridgehead atoms. The van der Waals surface area contributed by atoms with Gasteiger partial charge < -0.3 is 4.57 Å². The highest BCUT2D eigenvalue weighted by atomic mass is 15.0. The summed E-state index contributed by atoms with van der Waals surface area (Å²) in [5.74, 6) is 0.712. The Morgan fingerprint density at radius 2 is 0.898 bits per heavy atom. The number of hydrogen-bond donors (Lipinski definition) is 0. The summed E-state index contributed by atoms with van der Waals surface area (Å²) in [5.41, 5.74) is 12.8. The minimum Gasteiger partial charge on any atom is -0.309 e. The normalized spacial score (nSPS) is 11.7. The summed E-state index contributed by atoms with van der Waals surface area (Å²) in [6.45, 7) is 0. The van der Waals surface area contributed by atoms with Crippen molar-refractivity contribution in [2.75, 3.05) is 0 Å². The molecule has 0 aliphatic heterocycles. The summed E-state index contributed by atoms with van der Waals surface area (Å²) in [7, 11) is 0. The third-order valence-electron chi connectivity index (χ3n) is 11.8. The summed E-state index contributed by atoms with van der Waals surface area (Å²) in [6, 6.07) is 73.1. The fourth-order valence-corrected chi connectivity index (χ4v) is 9.05. The van der Waals surface area contributed by atoms with Gasteiger partial charge in [0.25, 0.3) is 0 Å². The van der Waals surface area contributed by atoms with Gasteiger partial charge in [-0.1, -0.05) is 170 Å². The molecule has 9 aromatic carbocycles. The molecule has 0 radical (unpaired) electrons. The Kier molecular flexibility index (Phi) is 7.50. The van der Waals surface area contributed by atoms with Crippen LogP contribution in [0.2, 0.25) is 0 Å². The van der Waals surface area contributed by atoms with Crippen LogP contribution in [-0.2, 0) is 0 Å². The fraction of sp³-hybridized carbons (Fsp3) is 0. The fourth-order valence-electron chi connectivity index (χ4n) is 9.05. The van der Waals surface area contributed by atoms with E-state index in [1.165, 1.54) is 38.0 Å². The van der Waals surface area contributed by atoms with E-state index < -0.39 is 0 Å². The van der Waals surface area contributed by atoms with Gasteiger partial charge in [0.1, 0.15) is 0 Å². The predicted octanol–water partition coefficient (Wildman–Crippen LogP) is 14.2. The van der Waals surface area contributed by atoms with Crippen molar-refractivity contribution >= 4 is 65.2 Å². The molecule has 59 heavy (non-hydrogen) atoms. The van der Waals surface area contributed by atoms with Crippen LogP contribution in [-0.4, -0.2) is 19.5 Å². The smallest absolute Gasteiger partial charge is 0.160 e. The average molecular weight is 751 g/mol. The second-order valence-corrected chi connectivity index (χ2v) is 15.1. The lowest BCUT2D eigenvalue weighted by Crippen LogP contribution is -1.96. The number of aromatic nitrogens is 4. The van der Waals surface area contributed by atoms with Gasteiger partial charge >= 0.3 is 0 Å². The molecular weight excluding hydrogens is 717 g/mol. The summed E-state index contributed by atoms with van der Waals surface area (Å²) in [5, 5.41) is 9.43. The first kappa shape index (κ1) is 33.2. The number of rotatable bonds is 5. The molecule has 0 atom stereocenters. The maximum absolute atomic E-state index is 5.32. The van der Waals surface area contributed by atoms with Crippen LogP contribution in [0.3, 0.4) is 0 Å². The van der Waals surface area contributed by atoms with Gasteiger partial charge in [0.05, 0.1) is 33.5 Å². The molecular formula is C55H34N4. The van der Waals surface area contributed by atoms with E-state index in [0.29, 0.717) is 5.82 Å². The highest BCUT2D eigenvalue weighted by Gasteiger charge is 2.20. The van der Waals surface area contributed by atoms with Crippen molar-refractivity contribution in [2.24, 2.45) is 0 Å². The number of benzene rings is 9. The quantitative estimate of drug-likeness (QED) is 0.165. The molecule has 0 N–H and O–H groups in total. The lowest BCUT2D eigenvalue weighted by Gasteiger charge is -2.13. The largest absolute Gasteiger partial charge is 0.309 e. The second kappa shape index (κ2) is 13.3. The van der Waals surface area contributed by atoms with Crippen molar-refractivity contribution in [3.05, 3.63) is 206 Å². The Balaban J connectivity index is 0.947. The van der Waals surface area contributed by atoms with Gasteiger partial charge in [0.15, 0.2) is 5.82 Å². The standard InChI is InChI=1S/C55H34N4/c1-2-15-40(16-3-1)59-49-24-11-8-20-45(49)52-50(59)34-33-46-51(52)43-18-6-9-22-47(43)56-53(46)38-29-25-35(26-30-38)36-27-31-39(32-28-36)55-57-48-23-10-7-19-44(48)54(58-55)42-21-12-14-37-13-4-5-17-41(37)42/h1-34H. The molecule has 0 saturated carbocycles. The number of hydrogen-bond acceptors (Lipinski definition) is 3. The maximum Gasteiger partial charge on any atom is 0.160 e. The van der Waals surface area contributed by atoms with Gasteiger partial charge in [-0.2, -0.15) is 0 Å². The number of fused-ring (bicyclic) bond motifs is 9. The number of para-hydroxylation sites is 4. The van der Waals surface area contributed by atoms with Crippen molar-refractivity contribution in [1.82, 2.24) is 19.5 Å². The maximum atomic E-state index is 5.32. The SMILES string of the molecule is c1ccc(-n2c3ccccc3c3c4c(ccc32)c(-c2ccc(-c3ccc(-c5nc(-c6cccc7ccccc67)c6ccccc6n5)cc3)cc2)nc2ccccc24)cc1. The first-order valence-corrected chi connectivity index (χ1v) is 20.0. The zero-order valence-corrected chi connectivity index (χ0v) is 31.9. The van der Waals surface area contributed by atoms with Crippen molar-refractivity contribution in [1.29, 1.82) is 0 Å². The highest BCUT2D eigenvalue weighted by molar-refractivity contribution is 6.29. The lowest BCUT2D eigenvalue weighted by molar-refractivity contribution is 1.18. The van der Waals surface area contributed by atoms with Gasteiger partial charge in [-0.3, -0.25) is 0 Å². The summed E-state index contributed by atoms with van der Waals surface area (Å²) >= 11 is 0. The van der Waals surface area contributed by atoms with Crippen molar-refractivity contribution in [3.8, 4) is 50.7 Å². The van der Waals surface area contributed by atoms with Gasteiger partial charge in [0.2, 0.25) is 0 Å². The second-order valence-electron chi connectivity index (χ2n) is 15.1. The third-order valence-corrected chi connectivity index (χ3v) is 11.8. The molecule has 0 aliphatic rings. The van der Waals surface area contributed by atoms with Crippen LogP contribution in [0.15, 0.2) is 206 Å². The van der Waals surface area contributed by atoms with Gasteiger partial charge in [0, 0.05) is 54.7 Å². The van der Waals surface area contributed by atoms with E-state index in [0.717, 1.165) is 72.1 Å². The zero-order valence-electron chi connectivity index (χ0n) is 31.9. The third kappa shape index (κ3) is 5.34. The van der Waals surface area contributed by atoms with Crippen LogP contribution in [0.1, 0.15) is 0 Å². The van der Waals surface area contributed by atoms with Crippen LogP contribution >= 0.6 is 0 Å². The monoisotopic (exact) mass is 750 g/mol. The first-order chi connectivity index (χ1) is 29.3. The summed E-state index contributed by atoms with van der Waals surface area (Å²) in [6.07, 6.45) is 0. The molecule has 12 aromatic rings. The molecule has 3 aromatic heterocycles. The van der Waals surface area contributed by atoms with Gasteiger partial charge in [-0.15, -0.1) is 0 Å². The van der Waals surface area contributed by atoms with E-state index in [1.54, 1.807) is 0 Å². The molecule has 12 rings (SSSR count). The molecule has 4 nitrogen and oxygen atoms in total. The van der Waals surface area contributed by atoms with E-state index >= 15 is 0 Å². The Bertz CT molecular complexity index is 3580. The molecule has 0 fully saturated rings. The average Bonchev–Trinajstić information content (AvgIpc) is 3.66. The molecule has 274 valence electrons. The van der Waals surface area contributed by atoms with E-state index in [1.807, 2.05) is 6.07 Å². The molecule has 0 unspecified atom stereocenters. The van der Waals surface area contributed by atoms with Crippen LogP contribution in [0.4, 0.5) is 0 Å². The molecule has 0 aliphatic carbocycles. The molecule has 4 heteroatoms. The van der Waals surface area contributed by atoms with Crippen LogP contribution in [0.25, 0.3) is 116 Å². The van der Waals surface area contributed by atoms with E-state index in [4.69, 9.17) is 15.0 Å². The van der Waals surface area contributed by atoms with Crippen LogP contribution in [0, 0.1) is 0 Å². The van der Waals surface area contributed by atoms with Crippen molar-refractivity contribution in [2.45, 2.75) is 0 Å². The van der Waals surface area contributed by atoms with Gasteiger partial charge in [-0.05, 0) is 58.3 Å². The minimum absolute atomic E-state index is 0.712. The Hall–Kier alpha value is -7.95. The minimum atomic E-state index is 0.712. The predicted molar refractivity (Wildman–Crippen MR) is 246 cm³/mol. The van der Waals surface area contributed by atoms with E-state index in [2.05, 4.69) is 205 Å². The summed E-state index contributed by atoms with van der Waals surface area (Å²) < 4.78 is 2.38. The Labute approximate surface area is 340 Å². The van der Waals surface area contributed by atoms with Gasteiger partial charge in [-0.25, -0.2) is 15.0 Å². The zero-order chi connectivity index (χ0) is 38.9. The Morgan fingerprint density at radius 1 is 0.305 bits per heavy atom. The van der Waals surface area contributed by atoms with Crippen LogP contribution < -0.4 is 0 Å². The first-order valence-electron chi connectivity index (χ1n) is 20.0. The summed E-state index contributed by atoms with van der Waals surface area (Å²) in [4.78, 5) is 15.6. The Morgan fingerprint density at radius 3 is 1.68 bits per heavy atom. The highest BCUT2D eigenvalue weighted by Crippen LogP contribution is 2.43.